The highest BCUT2D eigenvalue weighted by Crippen LogP contribution is 2.18. The summed E-state index contributed by atoms with van der Waals surface area (Å²) < 4.78 is 10.1. The van der Waals surface area contributed by atoms with Crippen molar-refractivity contribution >= 4 is 18.4 Å². The highest BCUT2D eigenvalue weighted by atomic mass is 35.5. The second-order valence-corrected chi connectivity index (χ2v) is 2.98. The van der Waals surface area contributed by atoms with Crippen LogP contribution in [0.4, 0.5) is 0 Å². The van der Waals surface area contributed by atoms with Crippen molar-refractivity contribution in [2.24, 2.45) is 5.73 Å². The van der Waals surface area contributed by atoms with Crippen molar-refractivity contribution in [2.75, 3.05) is 20.3 Å². The number of methoxy groups -OCH3 is 1. The number of carbonyl (C=O) groups is 1. The molecular weight excluding hydrogens is 230 g/mol. The minimum atomic E-state index is -0.390. The van der Waals surface area contributed by atoms with Crippen LogP contribution in [0, 0.1) is 0 Å². The van der Waals surface area contributed by atoms with E-state index in [-0.39, 0.29) is 12.4 Å². The van der Waals surface area contributed by atoms with Crippen molar-refractivity contribution in [3.05, 3.63) is 29.8 Å². The Kier molecular flexibility index (Phi) is 7.33. The minimum absolute atomic E-state index is 0. The first-order valence-electron chi connectivity index (χ1n) is 4.79. The molecule has 0 aliphatic heterocycles. The molecule has 1 aromatic carbocycles. The maximum absolute atomic E-state index is 11.3. The van der Waals surface area contributed by atoms with Gasteiger partial charge in [0.2, 0.25) is 0 Å². The molecule has 2 N–H and O–H groups in total. The van der Waals surface area contributed by atoms with Gasteiger partial charge in [-0.15, -0.1) is 12.4 Å². The molecule has 0 aliphatic rings. The van der Waals surface area contributed by atoms with Gasteiger partial charge in [0.1, 0.15) is 11.3 Å². The van der Waals surface area contributed by atoms with Crippen molar-refractivity contribution in [2.45, 2.75) is 6.42 Å². The molecule has 1 rings (SSSR count). The molecule has 0 amide bonds. The van der Waals surface area contributed by atoms with Crippen LogP contribution in [-0.2, 0) is 4.74 Å². The van der Waals surface area contributed by atoms with Crippen LogP contribution in [0.25, 0.3) is 0 Å². The Bertz CT molecular complexity index is 331. The van der Waals surface area contributed by atoms with E-state index in [1.807, 2.05) is 6.07 Å². The first-order valence-corrected chi connectivity index (χ1v) is 4.79. The highest BCUT2D eigenvalue weighted by molar-refractivity contribution is 5.92. The SMILES string of the molecule is COC(=O)c1ccccc1OCCCN.Cl. The number of hydrogen-bond donors (Lipinski definition) is 1. The Hall–Kier alpha value is -1.26. The van der Waals surface area contributed by atoms with Crippen molar-refractivity contribution in [1.82, 2.24) is 0 Å². The van der Waals surface area contributed by atoms with Crippen LogP contribution in [0.5, 0.6) is 5.75 Å². The molecule has 16 heavy (non-hydrogen) atoms. The van der Waals surface area contributed by atoms with E-state index in [1.54, 1.807) is 18.2 Å². The van der Waals surface area contributed by atoms with E-state index in [9.17, 15) is 4.79 Å². The van der Waals surface area contributed by atoms with Gasteiger partial charge < -0.3 is 15.2 Å². The molecule has 0 bridgehead atoms. The molecule has 1 aromatic rings. The number of nitrogens with two attached hydrogens (primary N) is 1. The Balaban J connectivity index is 0.00000225. The van der Waals surface area contributed by atoms with Gasteiger partial charge in [0, 0.05) is 0 Å². The summed E-state index contributed by atoms with van der Waals surface area (Å²) in [5, 5.41) is 0. The van der Waals surface area contributed by atoms with Gasteiger partial charge in [-0.1, -0.05) is 12.1 Å². The molecular formula is C11H16ClNO3. The maximum atomic E-state index is 11.3. The van der Waals surface area contributed by atoms with Crippen molar-refractivity contribution in [1.29, 1.82) is 0 Å². The predicted octanol–water partition coefficient (Wildman–Crippen LogP) is 1.62. The van der Waals surface area contributed by atoms with E-state index in [0.29, 0.717) is 24.5 Å². The summed E-state index contributed by atoms with van der Waals surface area (Å²) in [6, 6.07) is 6.98. The number of esters is 1. The van der Waals surface area contributed by atoms with E-state index in [4.69, 9.17) is 10.5 Å². The molecule has 5 heteroatoms. The normalized spacial score (nSPS) is 9.12. The average Bonchev–Trinajstić information content (AvgIpc) is 2.29. The fourth-order valence-corrected chi connectivity index (χ4v) is 1.14. The quantitative estimate of drug-likeness (QED) is 0.633. The van der Waals surface area contributed by atoms with E-state index in [2.05, 4.69) is 4.74 Å². The molecule has 0 unspecified atom stereocenters. The predicted molar refractivity (Wildman–Crippen MR) is 64.2 cm³/mol. The van der Waals surface area contributed by atoms with Crippen LogP contribution in [-0.4, -0.2) is 26.2 Å². The number of ether oxygens (including phenoxy) is 2. The fourth-order valence-electron chi connectivity index (χ4n) is 1.14. The summed E-state index contributed by atoms with van der Waals surface area (Å²) in [5.74, 6) is 0.149. The van der Waals surface area contributed by atoms with E-state index in [1.165, 1.54) is 7.11 Å². The second-order valence-electron chi connectivity index (χ2n) is 2.98. The number of benzene rings is 1. The molecule has 90 valence electrons. The molecule has 4 nitrogen and oxygen atoms in total. The van der Waals surface area contributed by atoms with Gasteiger partial charge in [0.15, 0.2) is 0 Å². The molecule has 0 spiro atoms. The Morgan fingerprint density at radius 1 is 1.38 bits per heavy atom. The van der Waals surface area contributed by atoms with Gasteiger partial charge in [-0.05, 0) is 25.1 Å². The van der Waals surface area contributed by atoms with Gasteiger partial charge in [0.05, 0.1) is 13.7 Å². The number of rotatable bonds is 5. The number of carbonyl (C=O) groups excluding carboxylic acids is 1. The molecule has 0 atom stereocenters. The molecule has 0 radical (unpaired) electrons. The summed E-state index contributed by atoms with van der Waals surface area (Å²) >= 11 is 0. The summed E-state index contributed by atoms with van der Waals surface area (Å²) in [6.45, 7) is 1.07. The number of hydrogen-bond acceptors (Lipinski definition) is 4. The van der Waals surface area contributed by atoms with Gasteiger partial charge in [-0.2, -0.15) is 0 Å². The topological polar surface area (TPSA) is 61.5 Å². The third-order valence-corrected chi connectivity index (χ3v) is 1.90. The largest absolute Gasteiger partial charge is 0.493 e. The average molecular weight is 246 g/mol. The van der Waals surface area contributed by atoms with Crippen molar-refractivity contribution in [3.8, 4) is 5.75 Å². The van der Waals surface area contributed by atoms with Crippen LogP contribution in [0.3, 0.4) is 0 Å². The minimum Gasteiger partial charge on any atom is -0.493 e. The lowest BCUT2D eigenvalue weighted by atomic mass is 10.2. The molecule has 0 heterocycles. The third-order valence-electron chi connectivity index (χ3n) is 1.90. The summed E-state index contributed by atoms with van der Waals surface area (Å²) in [7, 11) is 1.35. The number of halogens is 1. The van der Waals surface area contributed by atoms with Gasteiger partial charge in [-0.3, -0.25) is 0 Å². The molecule has 0 saturated carbocycles. The van der Waals surface area contributed by atoms with Gasteiger partial charge in [-0.25, -0.2) is 4.79 Å². The smallest absolute Gasteiger partial charge is 0.341 e. The van der Waals surface area contributed by atoms with E-state index >= 15 is 0 Å². The zero-order chi connectivity index (χ0) is 11.1. The van der Waals surface area contributed by atoms with Crippen LogP contribution >= 0.6 is 12.4 Å². The molecule has 0 aromatic heterocycles. The van der Waals surface area contributed by atoms with E-state index in [0.717, 1.165) is 6.42 Å². The maximum Gasteiger partial charge on any atom is 0.341 e. The van der Waals surface area contributed by atoms with Crippen LogP contribution in [0.2, 0.25) is 0 Å². The van der Waals surface area contributed by atoms with Crippen LogP contribution in [0.1, 0.15) is 16.8 Å². The summed E-state index contributed by atoms with van der Waals surface area (Å²) in [5.41, 5.74) is 5.79. The van der Waals surface area contributed by atoms with E-state index < -0.39 is 5.97 Å². The highest BCUT2D eigenvalue weighted by Gasteiger charge is 2.11. The lowest BCUT2D eigenvalue weighted by Crippen LogP contribution is -2.09. The summed E-state index contributed by atoms with van der Waals surface area (Å²) in [6.07, 6.45) is 0.759. The third kappa shape index (κ3) is 4.08. The lowest BCUT2D eigenvalue weighted by molar-refractivity contribution is 0.0596. The first kappa shape index (κ1) is 14.7. The first-order chi connectivity index (χ1) is 7.29. The zero-order valence-electron chi connectivity index (χ0n) is 9.14. The zero-order valence-corrected chi connectivity index (χ0v) is 9.96. The standard InChI is InChI=1S/C11H15NO3.ClH/c1-14-11(13)9-5-2-3-6-10(9)15-8-4-7-12;/h2-3,5-6H,4,7-8,12H2,1H3;1H. The molecule has 0 fully saturated rings. The second kappa shape index (κ2) is 7.96. The van der Waals surface area contributed by atoms with Gasteiger partial charge >= 0.3 is 5.97 Å². The summed E-state index contributed by atoms with van der Waals surface area (Å²) in [4.78, 5) is 11.3. The lowest BCUT2D eigenvalue weighted by Gasteiger charge is -2.09. The van der Waals surface area contributed by atoms with Crippen molar-refractivity contribution in [3.63, 3.8) is 0 Å². The Morgan fingerprint density at radius 3 is 2.69 bits per heavy atom. The van der Waals surface area contributed by atoms with Crippen LogP contribution < -0.4 is 10.5 Å². The Labute approximate surface area is 101 Å². The monoisotopic (exact) mass is 245 g/mol. The molecule has 0 aliphatic carbocycles. The van der Waals surface area contributed by atoms with Crippen molar-refractivity contribution < 1.29 is 14.3 Å². The Morgan fingerprint density at radius 2 is 2.06 bits per heavy atom. The van der Waals surface area contributed by atoms with Crippen LogP contribution in [0.15, 0.2) is 24.3 Å². The molecule has 0 saturated heterocycles. The number of para-hydroxylation sites is 1. The van der Waals surface area contributed by atoms with Gasteiger partial charge in [0.25, 0.3) is 0 Å². The fraction of sp³-hybridized carbons (Fsp3) is 0.364.